The molecule has 1 aliphatic heterocycles. The van der Waals surface area contributed by atoms with Crippen molar-refractivity contribution in [2.75, 3.05) is 31.2 Å². The summed E-state index contributed by atoms with van der Waals surface area (Å²) in [7, 11) is 0. The number of carbonyl (C=O) groups excluding carboxylic acids is 1. The van der Waals surface area contributed by atoms with Crippen LogP contribution in [0.2, 0.25) is 0 Å². The number of ketones is 1. The van der Waals surface area contributed by atoms with Crippen molar-refractivity contribution in [1.82, 2.24) is 9.97 Å². The molecule has 0 aliphatic carbocycles. The van der Waals surface area contributed by atoms with Crippen LogP contribution in [0, 0.1) is 0 Å². The van der Waals surface area contributed by atoms with E-state index >= 15 is 0 Å². The van der Waals surface area contributed by atoms with Crippen LogP contribution >= 0.6 is 0 Å². The predicted octanol–water partition coefficient (Wildman–Crippen LogP) is 1.78. The van der Waals surface area contributed by atoms with Gasteiger partial charge in [-0.2, -0.15) is 0 Å². The van der Waals surface area contributed by atoms with E-state index in [-0.39, 0.29) is 5.78 Å². The lowest BCUT2D eigenvalue weighted by molar-refractivity contribution is 0.101. The summed E-state index contributed by atoms with van der Waals surface area (Å²) in [6, 6.07) is 3.74. The third-order valence-corrected chi connectivity index (χ3v) is 3.19. The Morgan fingerprint density at radius 3 is 2.85 bits per heavy atom. The zero-order chi connectivity index (χ0) is 13.9. The summed E-state index contributed by atoms with van der Waals surface area (Å²) in [5.74, 6) is 1.20. The lowest BCUT2D eigenvalue weighted by Gasteiger charge is -2.27. The van der Waals surface area contributed by atoms with Gasteiger partial charge < -0.3 is 14.1 Å². The van der Waals surface area contributed by atoms with E-state index in [1.807, 2.05) is 12.1 Å². The van der Waals surface area contributed by atoms with Gasteiger partial charge >= 0.3 is 0 Å². The first kappa shape index (κ1) is 12.8. The van der Waals surface area contributed by atoms with Crippen LogP contribution in [0.25, 0.3) is 11.5 Å². The molecule has 0 bridgehead atoms. The number of anilines is 1. The Morgan fingerprint density at radius 1 is 1.35 bits per heavy atom. The number of morpholine rings is 1. The molecule has 0 unspecified atom stereocenters. The van der Waals surface area contributed by atoms with Crippen molar-refractivity contribution in [3.8, 4) is 11.5 Å². The molecule has 3 rings (SSSR count). The number of nitrogens with zero attached hydrogens (tertiary/aromatic N) is 3. The van der Waals surface area contributed by atoms with Gasteiger partial charge in [0.15, 0.2) is 5.78 Å². The number of hydrogen-bond donors (Lipinski definition) is 0. The molecule has 6 heteroatoms. The van der Waals surface area contributed by atoms with Crippen molar-refractivity contribution < 1.29 is 13.9 Å². The molecule has 0 aromatic carbocycles. The smallest absolute Gasteiger partial charge is 0.226 e. The number of carbonyl (C=O) groups is 1. The van der Waals surface area contributed by atoms with Crippen LogP contribution in [0.15, 0.2) is 29.0 Å². The highest BCUT2D eigenvalue weighted by Gasteiger charge is 2.15. The van der Waals surface area contributed by atoms with E-state index in [1.54, 1.807) is 6.20 Å². The van der Waals surface area contributed by atoms with E-state index in [0.717, 1.165) is 24.5 Å². The number of Topliss-reactive ketones (excluding diaryl/α,β-unsaturated/α-hetero) is 1. The molecule has 0 atom stereocenters. The molecule has 0 radical (unpaired) electrons. The third kappa shape index (κ3) is 2.55. The number of oxazole rings is 1. The van der Waals surface area contributed by atoms with E-state index in [2.05, 4.69) is 14.9 Å². The highest BCUT2D eigenvalue weighted by atomic mass is 16.5. The van der Waals surface area contributed by atoms with Crippen LogP contribution in [0.5, 0.6) is 0 Å². The Bertz CT molecular complexity index is 618. The van der Waals surface area contributed by atoms with Gasteiger partial charge in [0.25, 0.3) is 0 Å². The number of pyridine rings is 1. The van der Waals surface area contributed by atoms with Gasteiger partial charge in [-0.15, -0.1) is 0 Å². The molecule has 1 aliphatic rings. The van der Waals surface area contributed by atoms with E-state index < -0.39 is 0 Å². The van der Waals surface area contributed by atoms with Crippen molar-refractivity contribution in [2.24, 2.45) is 0 Å². The summed E-state index contributed by atoms with van der Waals surface area (Å²) < 4.78 is 10.7. The Morgan fingerprint density at radius 2 is 2.15 bits per heavy atom. The van der Waals surface area contributed by atoms with Gasteiger partial charge in [-0.25, -0.2) is 9.97 Å². The van der Waals surface area contributed by atoms with Crippen LogP contribution in [-0.2, 0) is 4.74 Å². The topological polar surface area (TPSA) is 68.5 Å². The Kier molecular flexibility index (Phi) is 3.47. The second-order valence-electron chi connectivity index (χ2n) is 4.60. The number of rotatable bonds is 3. The van der Waals surface area contributed by atoms with E-state index in [9.17, 15) is 4.79 Å². The highest BCUT2D eigenvalue weighted by molar-refractivity contribution is 5.92. The zero-order valence-corrected chi connectivity index (χ0v) is 11.2. The number of hydrogen-bond acceptors (Lipinski definition) is 6. The fourth-order valence-electron chi connectivity index (χ4n) is 2.08. The SMILES string of the molecule is CC(=O)c1coc(-c2ccnc(N3CCOCC3)c2)n1. The van der Waals surface area contributed by atoms with Gasteiger partial charge in [-0.05, 0) is 12.1 Å². The molecule has 2 aromatic heterocycles. The number of ether oxygens (including phenoxy) is 1. The minimum atomic E-state index is -0.109. The molecule has 0 N–H and O–H groups in total. The molecule has 0 spiro atoms. The van der Waals surface area contributed by atoms with Gasteiger partial charge in [0.1, 0.15) is 17.8 Å². The van der Waals surface area contributed by atoms with E-state index in [4.69, 9.17) is 9.15 Å². The summed E-state index contributed by atoms with van der Waals surface area (Å²) in [6.45, 7) is 4.52. The maximum absolute atomic E-state index is 11.2. The van der Waals surface area contributed by atoms with Gasteiger partial charge in [0, 0.05) is 31.8 Å². The van der Waals surface area contributed by atoms with Crippen molar-refractivity contribution in [1.29, 1.82) is 0 Å². The fraction of sp³-hybridized carbons (Fsp3) is 0.357. The standard InChI is InChI=1S/C14H15N3O3/c1-10(18)12-9-20-14(16-12)11-2-3-15-13(8-11)17-4-6-19-7-5-17/h2-3,8-9H,4-7H2,1H3. The fourth-order valence-corrected chi connectivity index (χ4v) is 2.08. The summed E-state index contributed by atoms with van der Waals surface area (Å²) in [5.41, 5.74) is 1.15. The molecule has 20 heavy (non-hydrogen) atoms. The normalized spacial score (nSPS) is 15.3. The van der Waals surface area contributed by atoms with Gasteiger partial charge in [0.05, 0.1) is 13.2 Å². The first-order valence-corrected chi connectivity index (χ1v) is 6.49. The average Bonchev–Trinajstić information content (AvgIpc) is 2.98. The Labute approximate surface area is 116 Å². The molecule has 2 aromatic rings. The highest BCUT2D eigenvalue weighted by Crippen LogP contribution is 2.23. The van der Waals surface area contributed by atoms with E-state index in [0.29, 0.717) is 24.8 Å². The lowest BCUT2D eigenvalue weighted by atomic mass is 10.2. The molecular weight excluding hydrogens is 258 g/mol. The Balaban J connectivity index is 1.87. The van der Waals surface area contributed by atoms with Crippen LogP contribution in [0.4, 0.5) is 5.82 Å². The summed E-state index contributed by atoms with van der Waals surface area (Å²) >= 11 is 0. The molecule has 0 amide bonds. The van der Waals surface area contributed by atoms with Gasteiger partial charge in [-0.1, -0.05) is 0 Å². The van der Waals surface area contributed by atoms with Crippen molar-refractivity contribution in [3.05, 3.63) is 30.3 Å². The number of aromatic nitrogens is 2. The van der Waals surface area contributed by atoms with Gasteiger partial charge in [-0.3, -0.25) is 4.79 Å². The summed E-state index contributed by atoms with van der Waals surface area (Å²) in [5, 5.41) is 0. The van der Waals surface area contributed by atoms with Crippen LogP contribution in [0.1, 0.15) is 17.4 Å². The van der Waals surface area contributed by atoms with E-state index in [1.165, 1.54) is 13.2 Å². The van der Waals surface area contributed by atoms with Gasteiger partial charge in [0.2, 0.25) is 5.89 Å². The van der Waals surface area contributed by atoms with Crippen LogP contribution in [0.3, 0.4) is 0 Å². The third-order valence-electron chi connectivity index (χ3n) is 3.19. The first-order valence-electron chi connectivity index (χ1n) is 6.49. The minimum absolute atomic E-state index is 0.109. The summed E-state index contributed by atoms with van der Waals surface area (Å²) in [4.78, 5) is 21.9. The monoisotopic (exact) mass is 273 g/mol. The lowest BCUT2D eigenvalue weighted by Crippen LogP contribution is -2.36. The Hall–Kier alpha value is -2.21. The zero-order valence-electron chi connectivity index (χ0n) is 11.2. The van der Waals surface area contributed by atoms with Crippen molar-refractivity contribution in [2.45, 2.75) is 6.92 Å². The van der Waals surface area contributed by atoms with Crippen molar-refractivity contribution >= 4 is 11.6 Å². The van der Waals surface area contributed by atoms with Crippen LogP contribution in [-0.4, -0.2) is 42.1 Å². The minimum Gasteiger partial charge on any atom is -0.444 e. The molecule has 104 valence electrons. The average molecular weight is 273 g/mol. The second-order valence-corrected chi connectivity index (χ2v) is 4.60. The molecule has 3 heterocycles. The first-order chi connectivity index (χ1) is 9.74. The molecule has 6 nitrogen and oxygen atoms in total. The molecule has 1 saturated heterocycles. The van der Waals surface area contributed by atoms with Crippen molar-refractivity contribution in [3.63, 3.8) is 0 Å². The molecule has 1 fully saturated rings. The largest absolute Gasteiger partial charge is 0.444 e. The molecular formula is C14H15N3O3. The quantitative estimate of drug-likeness (QED) is 0.794. The maximum atomic E-state index is 11.2. The molecule has 0 saturated carbocycles. The summed E-state index contributed by atoms with van der Waals surface area (Å²) in [6.07, 6.45) is 3.10. The van der Waals surface area contributed by atoms with Crippen LogP contribution < -0.4 is 4.90 Å². The predicted molar refractivity (Wildman–Crippen MR) is 72.8 cm³/mol. The second kappa shape index (κ2) is 5.42. The maximum Gasteiger partial charge on any atom is 0.226 e.